The van der Waals surface area contributed by atoms with Crippen molar-refractivity contribution >= 4 is 33.5 Å². The molecule has 0 saturated carbocycles. The number of H-pyrrole nitrogens is 2. The van der Waals surface area contributed by atoms with E-state index in [1.54, 1.807) is 31.0 Å². The molecule has 1 amide bonds. The third kappa shape index (κ3) is 3.18. The van der Waals surface area contributed by atoms with Crippen molar-refractivity contribution in [1.82, 2.24) is 30.1 Å². The molecular weight excluding hydrogens is 378 g/mol. The zero-order chi connectivity index (χ0) is 20.7. The van der Waals surface area contributed by atoms with E-state index in [0.717, 1.165) is 38.8 Å². The Bertz CT molecular complexity index is 1350. The van der Waals surface area contributed by atoms with Crippen LogP contribution in [0, 0.1) is 5.92 Å². The van der Waals surface area contributed by atoms with Crippen LogP contribution in [0.5, 0.6) is 0 Å². The first-order chi connectivity index (χ1) is 14.6. The van der Waals surface area contributed by atoms with Gasteiger partial charge >= 0.3 is 0 Å². The first kappa shape index (κ1) is 18.0. The van der Waals surface area contributed by atoms with E-state index in [4.69, 9.17) is 0 Å². The summed E-state index contributed by atoms with van der Waals surface area (Å²) in [6.45, 7) is 3.70. The number of aromatic amines is 2. The van der Waals surface area contributed by atoms with Gasteiger partial charge in [-0.15, -0.1) is 0 Å². The summed E-state index contributed by atoms with van der Waals surface area (Å²) in [5.74, 6) is -0.153. The highest BCUT2D eigenvalue weighted by atomic mass is 16.1. The van der Waals surface area contributed by atoms with Crippen LogP contribution in [0.2, 0.25) is 0 Å². The molecule has 30 heavy (non-hydrogen) atoms. The Labute approximate surface area is 171 Å². The maximum Gasteiger partial charge on any atom is 0.226 e. The molecule has 0 aliphatic carbocycles. The predicted molar refractivity (Wildman–Crippen MR) is 116 cm³/mol. The SMILES string of the molecule is CC(C)C(=O)Nc1cncc(-c2cnc3n[nH]c(-c4cc5ccncc5[nH]4)c3c2)c1. The van der Waals surface area contributed by atoms with Gasteiger partial charge in [-0.3, -0.25) is 19.9 Å². The molecule has 5 rings (SSSR count). The molecule has 0 bridgehead atoms. The number of fused-ring (bicyclic) bond motifs is 2. The lowest BCUT2D eigenvalue weighted by atomic mass is 10.1. The van der Waals surface area contributed by atoms with Gasteiger partial charge in [-0.2, -0.15) is 5.10 Å². The summed E-state index contributed by atoms with van der Waals surface area (Å²) < 4.78 is 0. The van der Waals surface area contributed by atoms with Crippen molar-refractivity contribution in [1.29, 1.82) is 0 Å². The normalized spacial score (nSPS) is 11.4. The number of anilines is 1. The molecule has 0 radical (unpaired) electrons. The topological polar surface area (TPSA) is 112 Å². The minimum absolute atomic E-state index is 0.0482. The third-order valence-corrected chi connectivity index (χ3v) is 4.97. The largest absolute Gasteiger partial charge is 0.352 e. The van der Waals surface area contributed by atoms with Gasteiger partial charge in [-0.25, -0.2) is 4.98 Å². The molecule has 5 heterocycles. The van der Waals surface area contributed by atoms with Gasteiger partial charge in [0.05, 0.1) is 35.0 Å². The van der Waals surface area contributed by atoms with Crippen molar-refractivity contribution in [2.75, 3.05) is 5.32 Å². The van der Waals surface area contributed by atoms with Crippen molar-refractivity contribution in [2.24, 2.45) is 5.92 Å². The van der Waals surface area contributed by atoms with Crippen LogP contribution in [0.1, 0.15) is 13.8 Å². The molecule has 8 heteroatoms. The Hall–Kier alpha value is -4.07. The monoisotopic (exact) mass is 397 g/mol. The number of amides is 1. The quantitative estimate of drug-likeness (QED) is 0.422. The number of hydrogen-bond acceptors (Lipinski definition) is 5. The van der Waals surface area contributed by atoms with Crippen LogP contribution in [0.4, 0.5) is 5.69 Å². The smallest absolute Gasteiger partial charge is 0.226 e. The van der Waals surface area contributed by atoms with Gasteiger partial charge < -0.3 is 10.3 Å². The van der Waals surface area contributed by atoms with Crippen molar-refractivity contribution in [2.45, 2.75) is 13.8 Å². The average molecular weight is 397 g/mol. The summed E-state index contributed by atoms with van der Waals surface area (Å²) in [6, 6.07) is 7.93. The lowest BCUT2D eigenvalue weighted by Gasteiger charge is -2.09. The van der Waals surface area contributed by atoms with Crippen LogP contribution in [0.3, 0.4) is 0 Å². The number of rotatable bonds is 4. The van der Waals surface area contributed by atoms with E-state index in [2.05, 4.69) is 41.5 Å². The lowest BCUT2D eigenvalue weighted by Crippen LogP contribution is -2.17. The standard InChI is InChI=1S/C22H19N7O/c1-12(2)22(30)26-16-5-14(8-24-10-16)15-6-17-20(28-29-21(17)25-9-15)18-7-13-3-4-23-11-19(13)27-18/h3-12,27H,1-2H3,(H,26,30)(H,25,28,29). The van der Waals surface area contributed by atoms with Gasteiger partial charge in [-0.05, 0) is 24.3 Å². The molecule has 0 atom stereocenters. The second-order valence-corrected chi connectivity index (χ2v) is 7.45. The Morgan fingerprint density at radius 1 is 1.03 bits per heavy atom. The molecule has 3 N–H and O–H groups in total. The number of hydrogen-bond donors (Lipinski definition) is 3. The molecule has 5 aromatic rings. The molecule has 5 aromatic heterocycles. The number of aromatic nitrogens is 6. The highest BCUT2D eigenvalue weighted by Crippen LogP contribution is 2.31. The Balaban J connectivity index is 1.55. The Kier molecular flexibility index (Phi) is 4.24. The number of carbonyl (C=O) groups excluding carboxylic acids is 1. The first-order valence-corrected chi connectivity index (χ1v) is 9.62. The van der Waals surface area contributed by atoms with Crippen molar-refractivity contribution in [3.05, 3.63) is 55.2 Å². The molecule has 0 unspecified atom stereocenters. The van der Waals surface area contributed by atoms with Gasteiger partial charge in [0.25, 0.3) is 0 Å². The van der Waals surface area contributed by atoms with Crippen LogP contribution in [0.15, 0.2) is 55.2 Å². The van der Waals surface area contributed by atoms with Gasteiger partial charge in [0, 0.05) is 46.4 Å². The Morgan fingerprint density at radius 2 is 1.90 bits per heavy atom. The highest BCUT2D eigenvalue weighted by molar-refractivity contribution is 5.96. The minimum atomic E-state index is -0.105. The minimum Gasteiger partial charge on any atom is -0.352 e. The maximum absolute atomic E-state index is 12.0. The van der Waals surface area contributed by atoms with Gasteiger partial charge in [0.15, 0.2) is 5.65 Å². The number of nitrogens with one attached hydrogen (secondary N) is 3. The van der Waals surface area contributed by atoms with Crippen LogP contribution in [-0.4, -0.2) is 36.0 Å². The predicted octanol–water partition coefficient (Wildman–Crippen LogP) is 4.16. The molecule has 148 valence electrons. The number of nitrogens with zero attached hydrogens (tertiary/aromatic N) is 4. The van der Waals surface area contributed by atoms with E-state index < -0.39 is 0 Å². The molecule has 0 saturated heterocycles. The summed E-state index contributed by atoms with van der Waals surface area (Å²) in [6.07, 6.45) is 8.71. The second-order valence-electron chi connectivity index (χ2n) is 7.45. The van der Waals surface area contributed by atoms with E-state index in [0.29, 0.717) is 11.3 Å². The molecule has 0 aliphatic heterocycles. The van der Waals surface area contributed by atoms with Gasteiger partial charge in [0.2, 0.25) is 5.91 Å². The van der Waals surface area contributed by atoms with Crippen molar-refractivity contribution < 1.29 is 4.79 Å². The van der Waals surface area contributed by atoms with E-state index in [1.807, 2.05) is 32.0 Å². The fraction of sp³-hybridized carbons (Fsp3) is 0.136. The summed E-state index contributed by atoms with van der Waals surface area (Å²) in [4.78, 5) is 28.3. The van der Waals surface area contributed by atoms with Gasteiger partial charge in [0.1, 0.15) is 0 Å². The lowest BCUT2D eigenvalue weighted by molar-refractivity contribution is -0.118. The first-order valence-electron chi connectivity index (χ1n) is 9.62. The Morgan fingerprint density at radius 3 is 2.73 bits per heavy atom. The van der Waals surface area contributed by atoms with E-state index in [9.17, 15) is 4.79 Å². The third-order valence-electron chi connectivity index (χ3n) is 4.97. The van der Waals surface area contributed by atoms with Crippen LogP contribution < -0.4 is 5.32 Å². The van der Waals surface area contributed by atoms with E-state index in [-0.39, 0.29) is 11.8 Å². The molecule has 0 aliphatic rings. The summed E-state index contributed by atoms with van der Waals surface area (Å²) in [5, 5.41) is 12.3. The molecule has 8 nitrogen and oxygen atoms in total. The fourth-order valence-electron chi connectivity index (χ4n) is 3.32. The van der Waals surface area contributed by atoms with Crippen molar-refractivity contribution in [3.63, 3.8) is 0 Å². The zero-order valence-electron chi connectivity index (χ0n) is 16.5. The number of pyridine rings is 3. The van der Waals surface area contributed by atoms with Crippen LogP contribution in [0.25, 0.3) is 44.5 Å². The maximum atomic E-state index is 12.0. The second kappa shape index (κ2) is 7.07. The summed E-state index contributed by atoms with van der Waals surface area (Å²) in [7, 11) is 0. The zero-order valence-corrected chi connectivity index (χ0v) is 16.5. The number of carbonyl (C=O) groups is 1. The molecular formula is C22H19N7O. The average Bonchev–Trinajstić information content (AvgIpc) is 3.37. The fourth-order valence-corrected chi connectivity index (χ4v) is 3.32. The van der Waals surface area contributed by atoms with E-state index in [1.165, 1.54) is 0 Å². The summed E-state index contributed by atoms with van der Waals surface area (Å²) in [5.41, 5.74) is 5.75. The van der Waals surface area contributed by atoms with Crippen LogP contribution in [-0.2, 0) is 4.79 Å². The van der Waals surface area contributed by atoms with Gasteiger partial charge in [-0.1, -0.05) is 13.8 Å². The molecule has 0 aromatic carbocycles. The molecule has 0 spiro atoms. The summed E-state index contributed by atoms with van der Waals surface area (Å²) >= 11 is 0. The molecule has 0 fully saturated rings. The van der Waals surface area contributed by atoms with Crippen LogP contribution >= 0.6 is 0 Å². The van der Waals surface area contributed by atoms with Crippen molar-refractivity contribution in [3.8, 4) is 22.5 Å². The highest BCUT2D eigenvalue weighted by Gasteiger charge is 2.14. The van der Waals surface area contributed by atoms with E-state index >= 15 is 0 Å².